The van der Waals surface area contributed by atoms with Gasteiger partial charge < -0.3 is 0 Å². The molecule has 0 saturated heterocycles. The summed E-state index contributed by atoms with van der Waals surface area (Å²) in [6, 6.07) is 0. The van der Waals surface area contributed by atoms with E-state index in [9.17, 15) is 0 Å². The zero-order chi connectivity index (χ0) is 3.41. The molecule has 64 valence electrons. The third-order valence-corrected chi connectivity index (χ3v) is 8.75. The third kappa shape index (κ3) is 32.1. The molecule has 8 heavy (non-hydrogen) atoms. The summed E-state index contributed by atoms with van der Waals surface area (Å²) < 4.78 is 0. The van der Waals surface area contributed by atoms with Crippen LogP contribution in [0.3, 0.4) is 0 Å². The van der Waals surface area contributed by atoms with Crippen molar-refractivity contribution in [2.75, 3.05) is 0 Å². The van der Waals surface area contributed by atoms with Crippen molar-refractivity contribution in [2.45, 2.75) is 0 Å². The normalized spacial score (nSPS) is 3.50. The van der Waals surface area contributed by atoms with E-state index in [1.807, 2.05) is 37.1 Å². The van der Waals surface area contributed by atoms with Crippen LogP contribution >= 0.6 is 17.0 Å². The van der Waals surface area contributed by atoms with Gasteiger partial charge in [0.05, 0.1) is 0 Å². The molecule has 0 N–H and O–H groups in total. The van der Waals surface area contributed by atoms with E-state index in [1.165, 1.54) is 0 Å². The van der Waals surface area contributed by atoms with Crippen molar-refractivity contribution in [1.29, 1.82) is 0 Å². The first-order valence-electron chi connectivity index (χ1n) is 0.500. The first kappa shape index (κ1) is 29.6. The fourth-order valence-electron chi connectivity index (χ4n) is 0. The molecule has 0 nitrogen and oxygen atoms in total. The first-order valence-corrected chi connectivity index (χ1v) is 7.42. The minimum atomic E-state index is 0. The van der Waals surface area contributed by atoms with Gasteiger partial charge in [0.25, 0.3) is 0 Å². The molecule has 0 atom stereocenters. The van der Waals surface area contributed by atoms with E-state index in [-0.39, 0.29) is 67.7 Å². The van der Waals surface area contributed by atoms with E-state index < -0.39 is 0 Å². The molecule has 0 aromatic rings. The summed E-state index contributed by atoms with van der Waals surface area (Å²) >= 11 is 4.01. The third-order valence-electron chi connectivity index (χ3n) is 0.0278. The van der Waals surface area contributed by atoms with Crippen LogP contribution in [0.5, 0.6) is 0 Å². The monoisotopic (exact) mass is 503 g/mol. The Hall–Kier alpha value is 4.13. The molecular formula is Co2Cu2Mo2S2. The number of hydrogen-bond acceptors (Lipinski definition) is 2. The second kappa shape index (κ2) is 30.4. The van der Waals surface area contributed by atoms with Crippen molar-refractivity contribution in [3.63, 3.8) is 0 Å². The second-order valence-electron chi connectivity index (χ2n) is 0.136. The van der Waals surface area contributed by atoms with E-state index in [4.69, 9.17) is 0 Å². The van der Waals surface area contributed by atoms with Crippen molar-refractivity contribution in [3.8, 4) is 0 Å². The van der Waals surface area contributed by atoms with E-state index in [2.05, 4.69) is 0 Å². The van der Waals surface area contributed by atoms with Crippen LogP contribution in [0.4, 0.5) is 0 Å². The van der Waals surface area contributed by atoms with E-state index >= 15 is 0 Å². The summed E-state index contributed by atoms with van der Waals surface area (Å²) in [5.41, 5.74) is 0. The quantitative estimate of drug-likeness (QED) is 0.393. The van der Waals surface area contributed by atoms with Gasteiger partial charge in [0, 0.05) is 67.7 Å². The zero-order valence-corrected chi connectivity index (χ0v) is 12.5. The van der Waals surface area contributed by atoms with Crippen LogP contribution in [0.25, 0.3) is 0 Å². The van der Waals surface area contributed by atoms with Crippen LogP contribution in [-0.4, -0.2) is 0 Å². The van der Waals surface area contributed by atoms with Crippen molar-refractivity contribution in [1.82, 2.24) is 0 Å². The molecule has 0 aromatic carbocycles. The summed E-state index contributed by atoms with van der Waals surface area (Å²) in [5, 5.41) is 0. The average Bonchev–Trinajstić information content (AvgIpc) is 1.37. The van der Waals surface area contributed by atoms with Crippen LogP contribution in [-0.2, 0) is 105 Å². The van der Waals surface area contributed by atoms with Crippen LogP contribution in [0.2, 0.25) is 0 Å². The molecule has 0 bridgehead atoms. The Bertz CT molecular complexity index is 18.0. The predicted molar refractivity (Wildman–Crippen MR) is 15.2 cm³/mol. The van der Waals surface area contributed by atoms with Crippen molar-refractivity contribution >= 4 is 17.0 Å². The van der Waals surface area contributed by atoms with Crippen LogP contribution < -0.4 is 0 Å². The molecule has 8 heteroatoms. The molecule has 0 saturated carbocycles. The van der Waals surface area contributed by atoms with Crippen molar-refractivity contribution in [2.24, 2.45) is 0 Å². The second-order valence-corrected chi connectivity index (χ2v) is 7.25. The molecular weight excluding hydrogens is 501 g/mol. The Labute approximate surface area is 119 Å². The maximum absolute atomic E-state index is 2.01. The van der Waals surface area contributed by atoms with E-state index in [0.717, 1.165) is 0 Å². The van der Waals surface area contributed by atoms with Gasteiger partial charge in [-0.25, -0.2) is 0 Å². The first-order chi connectivity index (χ1) is 1.91. The Morgan fingerprint density at radius 1 is 0.750 bits per heavy atom. The summed E-state index contributed by atoms with van der Waals surface area (Å²) in [4.78, 5) is 0. The molecule has 0 aliphatic heterocycles. The SMILES string of the molecule is [Co].[Co].[Cu].[Cu].[Mo][S][S][Mo]. The fourth-order valence-corrected chi connectivity index (χ4v) is 0. The molecule has 0 aliphatic carbocycles. The van der Waals surface area contributed by atoms with Gasteiger partial charge in [0.1, 0.15) is 0 Å². The van der Waals surface area contributed by atoms with Crippen LogP contribution in [0.15, 0.2) is 0 Å². The van der Waals surface area contributed by atoms with Gasteiger partial charge in [-0.15, -0.1) is 0 Å². The predicted octanol–water partition coefficient (Wildman–Crippen LogP) is 1.28. The van der Waals surface area contributed by atoms with Crippen molar-refractivity contribution < 1.29 is 105 Å². The maximum atomic E-state index is 2.01. The molecule has 0 aliphatic rings. The van der Waals surface area contributed by atoms with Crippen LogP contribution in [0, 0.1) is 0 Å². The van der Waals surface area contributed by atoms with Gasteiger partial charge in [0.15, 0.2) is 0 Å². The van der Waals surface area contributed by atoms with Crippen LogP contribution in [0.1, 0.15) is 0 Å². The molecule has 0 amide bonds. The molecule has 0 fully saturated rings. The Balaban J connectivity index is -0.00000000750. The van der Waals surface area contributed by atoms with E-state index in [0.29, 0.717) is 0 Å². The topological polar surface area (TPSA) is 0 Å². The standard InChI is InChI=1S/2Co.2Cu.2Mo.S2/c;;;;;;1-2/q;;;;2*+1;-2. The molecule has 0 rings (SSSR count). The van der Waals surface area contributed by atoms with E-state index in [1.54, 1.807) is 17.0 Å². The fraction of sp³-hybridized carbons (Fsp3) is 0. The van der Waals surface area contributed by atoms with Gasteiger partial charge in [0.2, 0.25) is 0 Å². The Morgan fingerprint density at radius 3 is 0.875 bits per heavy atom. The molecule has 4 radical (unpaired) electrons. The Morgan fingerprint density at radius 2 is 0.875 bits per heavy atom. The summed E-state index contributed by atoms with van der Waals surface area (Å²) in [5.74, 6) is 0. The summed E-state index contributed by atoms with van der Waals surface area (Å²) in [6.45, 7) is 0. The molecule has 0 aromatic heterocycles. The van der Waals surface area contributed by atoms with Gasteiger partial charge in [-0.3, -0.25) is 0 Å². The molecule has 0 spiro atoms. The minimum absolute atomic E-state index is 0. The molecule has 0 heterocycles. The van der Waals surface area contributed by atoms with Gasteiger partial charge in [-0.2, -0.15) is 0 Å². The molecule has 0 unspecified atom stereocenters. The Kier molecular flexibility index (Phi) is 112. The van der Waals surface area contributed by atoms with Gasteiger partial charge in [-0.05, 0) is 0 Å². The van der Waals surface area contributed by atoms with Crippen molar-refractivity contribution in [3.05, 3.63) is 0 Å². The zero-order valence-electron chi connectivity index (χ0n) is 2.90. The van der Waals surface area contributed by atoms with Gasteiger partial charge >= 0.3 is 54.1 Å². The van der Waals surface area contributed by atoms with Gasteiger partial charge in [-0.1, -0.05) is 0 Å². The summed E-state index contributed by atoms with van der Waals surface area (Å²) in [7, 11) is 3.58. The summed E-state index contributed by atoms with van der Waals surface area (Å²) in [6.07, 6.45) is 0. The number of hydrogen-bond donors (Lipinski definition) is 0. The number of rotatable bonds is 1. The average molecular weight is 501 g/mol.